The number of hydrogen-bond acceptors (Lipinski definition) is 6. The maximum atomic E-state index is 13.1. The average molecular weight is 460 g/mol. The van der Waals surface area contributed by atoms with Crippen molar-refractivity contribution >= 4 is 33.0 Å². The maximum Gasteiger partial charge on any atom is 0.268 e. The number of thiophene rings is 1. The van der Waals surface area contributed by atoms with Crippen molar-refractivity contribution in [3.63, 3.8) is 0 Å². The van der Waals surface area contributed by atoms with Gasteiger partial charge in [-0.05, 0) is 30.7 Å². The van der Waals surface area contributed by atoms with Crippen LogP contribution in [0.25, 0.3) is 22.2 Å². The van der Waals surface area contributed by atoms with E-state index < -0.39 is 10.0 Å². The largest absolute Gasteiger partial charge is 0.333 e. The Morgan fingerprint density at radius 3 is 2.60 bits per heavy atom. The molecular weight excluding hydrogens is 442 g/mol. The molecule has 0 fully saturated rings. The third-order valence-electron chi connectivity index (χ3n) is 4.53. The Kier molecular flexibility index (Phi) is 5.75. The molecule has 30 heavy (non-hydrogen) atoms. The van der Waals surface area contributed by atoms with Crippen molar-refractivity contribution in [3.8, 4) is 22.2 Å². The molecule has 0 N–H and O–H groups in total. The fourth-order valence-corrected chi connectivity index (χ4v) is 5.82. The van der Waals surface area contributed by atoms with Crippen LogP contribution in [0.3, 0.4) is 0 Å². The summed E-state index contributed by atoms with van der Waals surface area (Å²) < 4.78 is 33.0. The third-order valence-corrected chi connectivity index (χ3v) is 7.86. The van der Waals surface area contributed by atoms with E-state index in [2.05, 4.69) is 10.1 Å². The Bertz CT molecular complexity index is 1280. The fraction of sp³-hybridized carbons (Fsp3) is 0.143. The van der Waals surface area contributed by atoms with Crippen molar-refractivity contribution in [1.29, 1.82) is 0 Å². The standard InChI is InChI=1S/C21H18ClN3O3S2/c1-14-19(30(26,27)25(2)13-15-7-4-3-5-8-15)12-18(29-14)21-23-20(24-28-21)16-9-6-10-17(22)11-16/h3-12H,13H2,1-2H3. The summed E-state index contributed by atoms with van der Waals surface area (Å²) >= 11 is 7.33. The number of hydrogen-bond donors (Lipinski definition) is 0. The van der Waals surface area contributed by atoms with E-state index >= 15 is 0 Å². The van der Waals surface area contributed by atoms with Gasteiger partial charge in [-0.1, -0.05) is 59.2 Å². The fourth-order valence-electron chi connectivity index (χ4n) is 2.99. The predicted molar refractivity (Wildman–Crippen MR) is 118 cm³/mol. The van der Waals surface area contributed by atoms with Crippen LogP contribution in [0.2, 0.25) is 5.02 Å². The van der Waals surface area contributed by atoms with Crippen molar-refractivity contribution in [2.45, 2.75) is 18.4 Å². The highest BCUT2D eigenvalue weighted by Gasteiger charge is 2.26. The summed E-state index contributed by atoms with van der Waals surface area (Å²) in [6.07, 6.45) is 0. The molecule has 0 aliphatic heterocycles. The number of halogens is 1. The van der Waals surface area contributed by atoms with E-state index in [1.54, 1.807) is 38.2 Å². The quantitative estimate of drug-likeness (QED) is 0.393. The summed E-state index contributed by atoms with van der Waals surface area (Å²) in [6, 6.07) is 18.2. The second-order valence-electron chi connectivity index (χ2n) is 6.71. The normalized spacial score (nSPS) is 11.9. The molecule has 0 unspecified atom stereocenters. The molecule has 6 nitrogen and oxygen atoms in total. The topological polar surface area (TPSA) is 76.3 Å². The van der Waals surface area contributed by atoms with Crippen LogP contribution in [-0.4, -0.2) is 29.9 Å². The minimum absolute atomic E-state index is 0.239. The van der Waals surface area contributed by atoms with Crippen LogP contribution in [-0.2, 0) is 16.6 Å². The van der Waals surface area contributed by atoms with Crippen molar-refractivity contribution in [3.05, 3.63) is 76.1 Å². The van der Waals surface area contributed by atoms with Crippen LogP contribution in [0.15, 0.2) is 70.1 Å². The van der Waals surface area contributed by atoms with E-state index in [4.69, 9.17) is 16.1 Å². The van der Waals surface area contributed by atoms with Crippen LogP contribution in [0.5, 0.6) is 0 Å². The molecule has 0 aliphatic carbocycles. The zero-order valence-electron chi connectivity index (χ0n) is 16.2. The Morgan fingerprint density at radius 2 is 1.87 bits per heavy atom. The lowest BCUT2D eigenvalue weighted by atomic mass is 10.2. The third kappa shape index (κ3) is 4.17. The zero-order chi connectivity index (χ0) is 21.3. The Morgan fingerprint density at radius 1 is 1.10 bits per heavy atom. The maximum absolute atomic E-state index is 13.1. The van der Waals surface area contributed by atoms with Crippen molar-refractivity contribution in [2.75, 3.05) is 7.05 Å². The van der Waals surface area contributed by atoms with Gasteiger partial charge in [0.05, 0.1) is 9.77 Å². The molecule has 0 amide bonds. The molecule has 2 heterocycles. The first-order chi connectivity index (χ1) is 14.3. The molecule has 0 saturated carbocycles. The Balaban J connectivity index is 1.62. The van der Waals surface area contributed by atoms with Gasteiger partial charge in [0.15, 0.2) is 0 Å². The Hall–Kier alpha value is -2.52. The summed E-state index contributed by atoms with van der Waals surface area (Å²) in [7, 11) is -2.10. The Labute approximate surface area is 183 Å². The number of benzene rings is 2. The average Bonchev–Trinajstić information content (AvgIpc) is 3.36. The van der Waals surface area contributed by atoms with Crippen LogP contribution < -0.4 is 0 Å². The first-order valence-corrected chi connectivity index (χ1v) is 11.7. The molecule has 0 spiro atoms. The molecule has 0 aliphatic rings. The van der Waals surface area contributed by atoms with Crippen LogP contribution in [0.1, 0.15) is 10.4 Å². The molecule has 0 saturated heterocycles. The highest BCUT2D eigenvalue weighted by Crippen LogP contribution is 2.35. The molecule has 9 heteroatoms. The van der Waals surface area contributed by atoms with E-state index in [1.165, 1.54) is 15.6 Å². The lowest BCUT2D eigenvalue weighted by molar-refractivity contribution is 0.433. The van der Waals surface area contributed by atoms with E-state index in [0.29, 0.717) is 20.6 Å². The smallest absolute Gasteiger partial charge is 0.268 e. The highest BCUT2D eigenvalue weighted by atomic mass is 35.5. The van der Waals surface area contributed by atoms with Gasteiger partial charge in [0.2, 0.25) is 15.8 Å². The number of aromatic nitrogens is 2. The van der Waals surface area contributed by atoms with Gasteiger partial charge in [-0.15, -0.1) is 11.3 Å². The molecule has 2 aromatic heterocycles. The van der Waals surface area contributed by atoms with Gasteiger partial charge >= 0.3 is 0 Å². The zero-order valence-corrected chi connectivity index (χ0v) is 18.6. The van der Waals surface area contributed by atoms with Gasteiger partial charge in [0.25, 0.3) is 5.89 Å². The second-order valence-corrected chi connectivity index (χ2v) is 10.4. The van der Waals surface area contributed by atoms with Gasteiger partial charge in [-0.3, -0.25) is 0 Å². The summed E-state index contributed by atoms with van der Waals surface area (Å²) in [5.41, 5.74) is 1.64. The molecule has 0 atom stereocenters. The van der Waals surface area contributed by atoms with Gasteiger partial charge in [-0.2, -0.15) is 9.29 Å². The molecule has 0 radical (unpaired) electrons. The molecule has 4 aromatic rings. The van der Waals surface area contributed by atoms with Crippen LogP contribution in [0.4, 0.5) is 0 Å². The summed E-state index contributed by atoms with van der Waals surface area (Å²) in [5, 5.41) is 4.57. The number of sulfonamides is 1. The van der Waals surface area contributed by atoms with E-state index in [1.807, 2.05) is 36.4 Å². The first-order valence-electron chi connectivity index (χ1n) is 9.05. The van der Waals surface area contributed by atoms with Crippen LogP contribution >= 0.6 is 22.9 Å². The van der Waals surface area contributed by atoms with Crippen molar-refractivity contribution in [1.82, 2.24) is 14.4 Å². The molecule has 4 rings (SSSR count). The number of nitrogens with zero attached hydrogens (tertiary/aromatic N) is 3. The molecule has 0 bridgehead atoms. The van der Waals surface area contributed by atoms with Crippen LogP contribution in [0, 0.1) is 6.92 Å². The minimum atomic E-state index is -3.67. The lowest BCUT2D eigenvalue weighted by Gasteiger charge is -2.17. The van der Waals surface area contributed by atoms with E-state index in [0.717, 1.165) is 11.1 Å². The molecular formula is C21H18ClN3O3S2. The number of aryl methyl sites for hydroxylation is 1. The highest BCUT2D eigenvalue weighted by molar-refractivity contribution is 7.89. The lowest BCUT2D eigenvalue weighted by Crippen LogP contribution is -2.26. The minimum Gasteiger partial charge on any atom is -0.333 e. The summed E-state index contributed by atoms with van der Waals surface area (Å²) in [5.74, 6) is 0.661. The van der Waals surface area contributed by atoms with E-state index in [9.17, 15) is 8.42 Å². The van der Waals surface area contributed by atoms with E-state index in [-0.39, 0.29) is 17.3 Å². The summed E-state index contributed by atoms with van der Waals surface area (Å²) in [4.78, 5) is 5.90. The number of rotatable bonds is 6. The van der Waals surface area contributed by atoms with Gasteiger partial charge in [-0.25, -0.2) is 8.42 Å². The molecule has 2 aromatic carbocycles. The second kappa shape index (κ2) is 8.31. The van der Waals surface area contributed by atoms with Gasteiger partial charge < -0.3 is 4.52 Å². The summed E-state index contributed by atoms with van der Waals surface area (Å²) in [6.45, 7) is 2.05. The predicted octanol–water partition coefficient (Wildman–Crippen LogP) is 5.25. The SMILES string of the molecule is Cc1sc(-c2nc(-c3cccc(Cl)c3)no2)cc1S(=O)(=O)N(C)Cc1ccccc1. The van der Waals surface area contributed by atoms with Gasteiger partial charge in [0.1, 0.15) is 0 Å². The van der Waals surface area contributed by atoms with Crippen molar-refractivity contribution in [2.24, 2.45) is 0 Å². The van der Waals surface area contributed by atoms with Crippen molar-refractivity contribution < 1.29 is 12.9 Å². The molecule has 154 valence electrons. The monoisotopic (exact) mass is 459 g/mol. The van der Waals surface area contributed by atoms with Gasteiger partial charge in [0, 0.05) is 29.1 Å². The first kappa shape index (κ1) is 20.7.